The fraction of sp³-hybridized carbons (Fsp3) is 0.227. The molecule has 0 saturated carbocycles. The van der Waals surface area contributed by atoms with Crippen LogP contribution < -0.4 is 10.5 Å². The van der Waals surface area contributed by atoms with Crippen molar-refractivity contribution in [3.05, 3.63) is 86.6 Å². The molecule has 8 nitrogen and oxygen atoms in total. The summed E-state index contributed by atoms with van der Waals surface area (Å²) in [6.07, 6.45) is 1.46. The Morgan fingerprint density at radius 3 is 2.67 bits per heavy atom. The quantitative estimate of drug-likeness (QED) is 0.392. The summed E-state index contributed by atoms with van der Waals surface area (Å²) in [5, 5.41) is 10.2. The molecule has 0 bridgehead atoms. The van der Waals surface area contributed by atoms with E-state index in [2.05, 4.69) is 20.1 Å². The molecule has 0 aliphatic carbocycles. The fourth-order valence-electron chi connectivity index (χ4n) is 3.66. The number of nitrogens with one attached hydrogen (secondary N) is 2. The Balaban J connectivity index is 1.76. The van der Waals surface area contributed by atoms with Crippen molar-refractivity contribution < 1.29 is 17.5 Å². The summed E-state index contributed by atoms with van der Waals surface area (Å²) < 4.78 is 41.7. The molecular weight excluding hydrogens is 471 g/mol. The van der Waals surface area contributed by atoms with Gasteiger partial charge in [-0.1, -0.05) is 29.7 Å². The summed E-state index contributed by atoms with van der Waals surface area (Å²) in [7, 11) is -1.86. The van der Waals surface area contributed by atoms with E-state index in [4.69, 9.17) is 20.5 Å². The highest BCUT2D eigenvalue weighted by Crippen LogP contribution is 2.36. The molecule has 2 aromatic carbocycles. The van der Waals surface area contributed by atoms with E-state index in [1.165, 1.54) is 12.3 Å². The van der Waals surface area contributed by atoms with Crippen LogP contribution in [-0.4, -0.2) is 19.6 Å². The lowest BCUT2D eigenvalue weighted by Gasteiger charge is -2.25. The molecule has 0 amide bonds. The molecule has 0 aliphatic rings. The number of nitrogens with zero attached hydrogens (tertiary/aromatic N) is 2. The number of aromatic nitrogens is 3. The number of aromatic amines is 1. The van der Waals surface area contributed by atoms with E-state index >= 15 is 0 Å². The van der Waals surface area contributed by atoms with Crippen molar-refractivity contribution in [1.82, 2.24) is 20.1 Å². The number of hydrogen-bond donors (Lipinski definition) is 2. The molecule has 0 fully saturated rings. The smallest absolute Gasteiger partial charge is 0.391 e. The predicted molar refractivity (Wildman–Crippen MR) is 121 cm³/mol. The van der Waals surface area contributed by atoms with E-state index in [1.807, 2.05) is 6.92 Å². The molecule has 2 aromatic heterocycles. The molecule has 2 N–H and O–H groups in total. The van der Waals surface area contributed by atoms with Crippen LogP contribution in [0.2, 0.25) is 5.02 Å². The second-order valence-electron chi connectivity index (χ2n) is 7.52. The van der Waals surface area contributed by atoms with Crippen molar-refractivity contribution in [2.45, 2.75) is 37.6 Å². The molecule has 172 valence electrons. The van der Waals surface area contributed by atoms with E-state index in [0.29, 0.717) is 26.8 Å². The Kier molecular flexibility index (Phi) is 6.59. The molecule has 2 heterocycles. The van der Waals surface area contributed by atoms with Crippen molar-refractivity contribution in [3.63, 3.8) is 0 Å². The van der Waals surface area contributed by atoms with Crippen LogP contribution in [0.25, 0.3) is 11.3 Å². The Morgan fingerprint density at radius 1 is 1.21 bits per heavy atom. The zero-order chi connectivity index (χ0) is 23.7. The van der Waals surface area contributed by atoms with E-state index in [1.54, 1.807) is 44.2 Å². The van der Waals surface area contributed by atoms with E-state index < -0.39 is 34.5 Å². The summed E-state index contributed by atoms with van der Waals surface area (Å²) >= 11 is 6.14. The van der Waals surface area contributed by atoms with Gasteiger partial charge in [-0.2, -0.15) is 0 Å². The molecule has 0 radical (unpaired) electrons. The maximum Gasteiger partial charge on any atom is 0.434 e. The molecule has 4 aromatic rings. The molecule has 3 atom stereocenters. The molecule has 11 heteroatoms. The molecule has 33 heavy (non-hydrogen) atoms. The van der Waals surface area contributed by atoms with Gasteiger partial charge in [-0.25, -0.2) is 23.2 Å². The van der Waals surface area contributed by atoms with Gasteiger partial charge in [0, 0.05) is 22.6 Å². The molecule has 0 spiro atoms. The second-order valence-corrected chi connectivity index (χ2v) is 9.17. The first kappa shape index (κ1) is 23.1. The van der Waals surface area contributed by atoms with Crippen LogP contribution in [0.15, 0.2) is 61.2 Å². The van der Waals surface area contributed by atoms with Crippen molar-refractivity contribution in [2.24, 2.45) is 0 Å². The minimum absolute atomic E-state index is 0.0451. The number of rotatable bonds is 7. The van der Waals surface area contributed by atoms with Crippen LogP contribution in [0.5, 0.6) is 0 Å². The minimum Gasteiger partial charge on any atom is -0.391 e. The van der Waals surface area contributed by atoms with Crippen LogP contribution in [0, 0.1) is 19.7 Å². The second kappa shape index (κ2) is 9.42. The average Bonchev–Trinajstić information content (AvgIpc) is 3.46. The van der Waals surface area contributed by atoms with E-state index in [0.717, 1.165) is 11.1 Å². The Hall–Kier alpha value is -3.08. The van der Waals surface area contributed by atoms with Gasteiger partial charge >= 0.3 is 5.76 Å². The Bertz CT molecular complexity index is 1370. The molecule has 3 unspecified atom stereocenters. The van der Waals surface area contributed by atoms with Crippen molar-refractivity contribution in [2.75, 3.05) is 0 Å². The van der Waals surface area contributed by atoms with E-state index in [9.17, 15) is 13.4 Å². The topological polar surface area (TPSA) is 114 Å². The first-order chi connectivity index (χ1) is 15.8. The summed E-state index contributed by atoms with van der Waals surface area (Å²) in [5.74, 6) is -1.46. The average molecular weight is 491 g/mol. The third-order valence-corrected chi connectivity index (χ3v) is 6.95. The van der Waals surface area contributed by atoms with Crippen molar-refractivity contribution in [1.29, 1.82) is 0 Å². The van der Waals surface area contributed by atoms with Crippen LogP contribution >= 0.6 is 11.6 Å². The maximum atomic E-state index is 14.9. The summed E-state index contributed by atoms with van der Waals surface area (Å²) in [6.45, 7) is 5.42. The monoisotopic (exact) mass is 490 g/mol. The lowest BCUT2D eigenvalue weighted by molar-refractivity contribution is 0.381. The summed E-state index contributed by atoms with van der Waals surface area (Å²) in [4.78, 5) is 12.0. The standard InChI is InChI=1S/C22H20ClFN4O4S/c1-11-4-6-16(24)19(12(11)2)13(3)20(21-26-27-22(29)31-21)28-33(30)18-7-5-14(23)10-15(18)17-8-9-25-32-17/h4-10,13,20,28H,1-3H3,(H,27,29). The number of benzene rings is 2. The van der Waals surface area contributed by atoms with Crippen LogP contribution in [0.3, 0.4) is 0 Å². The summed E-state index contributed by atoms with van der Waals surface area (Å²) in [5.41, 5.74) is 2.51. The summed E-state index contributed by atoms with van der Waals surface area (Å²) in [6, 6.07) is 8.56. The van der Waals surface area contributed by atoms with Gasteiger partial charge in [0.1, 0.15) is 22.8 Å². The molecule has 4 rings (SSSR count). The number of aryl methyl sites for hydroxylation is 1. The maximum absolute atomic E-state index is 14.9. The zero-order valence-electron chi connectivity index (χ0n) is 17.9. The van der Waals surface area contributed by atoms with Crippen LogP contribution in [0.1, 0.15) is 41.5 Å². The lowest BCUT2D eigenvalue weighted by atomic mass is 9.88. The zero-order valence-corrected chi connectivity index (χ0v) is 19.5. The van der Waals surface area contributed by atoms with Gasteiger partial charge < -0.3 is 8.94 Å². The van der Waals surface area contributed by atoms with Crippen molar-refractivity contribution in [3.8, 4) is 11.3 Å². The van der Waals surface area contributed by atoms with Gasteiger partial charge in [-0.05, 0) is 54.8 Å². The highest BCUT2D eigenvalue weighted by atomic mass is 35.5. The van der Waals surface area contributed by atoms with Gasteiger partial charge in [0.2, 0.25) is 5.89 Å². The van der Waals surface area contributed by atoms with Crippen LogP contribution in [0.4, 0.5) is 4.39 Å². The van der Waals surface area contributed by atoms with Gasteiger partial charge in [0.15, 0.2) is 5.76 Å². The van der Waals surface area contributed by atoms with Gasteiger partial charge in [-0.15, -0.1) is 5.10 Å². The van der Waals surface area contributed by atoms with Gasteiger partial charge in [0.05, 0.1) is 11.1 Å². The molecule has 0 saturated heterocycles. The third kappa shape index (κ3) is 4.68. The first-order valence-corrected chi connectivity index (χ1v) is 11.5. The van der Waals surface area contributed by atoms with Crippen molar-refractivity contribution >= 4 is 22.6 Å². The van der Waals surface area contributed by atoms with Gasteiger partial charge in [0.25, 0.3) is 0 Å². The molecular formula is C22H20ClFN4O4S. The highest BCUT2D eigenvalue weighted by molar-refractivity contribution is 7.83. The lowest BCUT2D eigenvalue weighted by Crippen LogP contribution is -2.29. The SMILES string of the molecule is Cc1ccc(F)c(C(C)C(NS(=O)c2ccc(Cl)cc2-c2ccno2)c2n[nH]c(=O)o2)c1C. The normalized spacial score (nSPS) is 14.2. The predicted octanol–water partition coefficient (Wildman–Crippen LogP) is 4.58. The third-order valence-electron chi connectivity index (χ3n) is 5.49. The number of halogens is 2. The van der Waals surface area contributed by atoms with Crippen LogP contribution in [-0.2, 0) is 11.0 Å². The van der Waals surface area contributed by atoms with Gasteiger partial charge in [-0.3, -0.25) is 0 Å². The first-order valence-electron chi connectivity index (χ1n) is 9.95. The number of H-pyrrole nitrogens is 1. The largest absolute Gasteiger partial charge is 0.434 e. The Labute approximate surface area is 195 Å². The Morgan fingerprint density at radius 2 is 2.00 bits per heavy atom. The number of hydrogen-bond acceptors (Lipinski definition) is 6. The molecule has 0 aliphatic heterocycles. The minimum atomic E-state index is -1.86. The van der Waals surface area contributed by atoms with E-state index in [-0.39, 0.29) is 5.89 Å². The highest BCUT2D eigenvalue weighted by Gasteiger charge is 2.31. The fourth-order valence-corrected chi connectivity index (χ4v) is 5.05.